The van der Waals surface area contributed by atoms with Crippen LogP contribution >= 0.6 is 11.3 Å². The Morgan fingerprint density at radius 1 is 0.939 bits per heavy atom. The number of aliphatic carboxylic acids is 1. The fourth-order valence-electron chi connectivity index (χ4n) is 4.11. The van der Waals surface area contributed by atoms with Gasteiger partial charge in [-0.25, -0.2) is 9.37 Å². The average Bonchev–Trinajstić information content (AvgIpc) is 3.31. The lowest BCUT2D eigenvalue weighted by atomic mass is 9.97. The largest absolute Gasteiger partial charge is 0.481 e. The Kier molecular flexibility index (Phi) is 5.88. The third kappa shape index (κ3) is 4.50. The number of carboxylic acids is 1. The van der Waals surface area contributed by atoms with Crippen LogP contribution in [-0.4, -0.2) is 34.1 Å². The van der Waals surface area contributed by atoms with Crippen molar-refractivity contribution in [2.24, 2.45) is 5.92 Å². The monoisotopic (exact) mass is 459 g/mol. The maximum absolute atomic E-state index is 13.3. The summed E-state index contributed by atoms with van der Waals surface area (Å²) >= 11 is 1.61. The second-order valence-corrected chi connectivity index (χ2v) is 9.08. The Morgan fingerprint density at radius 2 is 1.58 bits per heavy atom. The summed E-state index contributed by atoms with van der Waals surface area (Å²) < 4.78 is 13.3. The summed E-state index contributed by atoms with van der Waals surface area (Å²) in [6.07, 6.45) is 4.83. The quantitative estimate of drug-likeness (QED) is 0.398. The second kappa shape index (κ2) is 9.11. The molecule has 1 aliphatic heterocycles. The zero-order valence-electron chi connectivity index (χ0n) is 17.8. The van der Waals surface area contributed by atoms with Crippen LogP contribution in [-0.2, 0) is 4.79 Å². The SMILES string of the molecule is O=C(O)C1CCN(c2nc(-c3ccc(-c4ccc(F)cc4)cc3)c(-c3cccnc3)s2)CC1. The molecule has 0 spiro atoms. The Morgan fingerprint density at radius 3 is 2.18 bits per heavy atom. The van der Waals surface area contributed by atoms with E-state index >= 15 is 0 Å². The summed E-state index contributed by atoms with van der Waals surface area (Å²) in [5, 5.41) is 10.2. The van der Waals surface area contributed by atoms with Gasteiger partial charge in [0.1, 0.15) is 5.82 Å². The predicted octanol–water partition coefficient (Wildman–Crippen LogP) is 5.98. The number of aromatic nitrogens is 2. The van der Waals surface area contributed by atoms with Crippen LogP contribution in [0.15, 0.2) is 73.1 Å². The molecule has 1 fully saturated rings. The van der Waals surface area contributed by atoms with E-state index in [1.807, 2.05) is 42.6 Å². The van der Waals surface area contributed by atoms with E-state index in [1.54, 1.807) is 29.7 Å². The molecule has 0 bridgehead atoms. The molecule has 0 radical (unpaired) electrons. The lowest BCUT2D eigenvalue weighted by Gasteiger charge is -2.29. The highest BCUT2D eigenvalue weighted by atomic mass is 32.1. The van der Waals surface area contributed by atoms with Crippen molar-refractivity contribution in [1.29, 1.82) is 0 Å². The van der Waals surface area contributed by atoms with Crippen LogP contribution in [0.25, 0.3) is 32.8 Å². The maximum Gasteiger partial charge on any atom is 0.306 e. The number of halogens is 1. The zero-order valence-corrected chi connectivity index (χ0v) is 18.6. The number of rotatable bonds is 5. The van der Waals surface area contributed by atoms with Crippen molar-refractivity contribution in [3.8, 4) is 32.8 Å². The Hall–Kier alpha value is -3.58. The first-order valence-corrected chi connectivity index (χ1v) is 11.7. The van der Waals surface area contributed by atoms with E-state index < -0.39 is 5.97 Å². The number of piperidine rings is 1. The molecule has 5 nitrogen and oxygen atoms in total. The molecule has 5 rings (SSSR count). The highest BCUT2D eigenvalue weighted by molar-refractivity contribution is 7.19. The van der Waals surface area contributed by atoms with Gasteiger partial charge in [-0.1, -0.05) is 53.8 Å². The molecule has 0 atom stereocenters. The van der Waals surface area contributed by atoms with Crippen LogP contribution < -0.4 is 4.90 Å². The number of thiazole rings is 1. The lowest BCUT2D eigenvalue weighted by Crippen LogP contribution is -2.36. The molecule has 1 saturated heterocycles. The molecule has 7 heteroatoms. The first-order valence-electron chi connectivity index (χ1n) is 10.8. The van der Waals surface area contributed by atoms with E-state index in [-0.39, 0.29) is 11.7 Å². The van der Waals surface area contributed by atoms with E-state index in [9.17, 15) is 14.3 Å². The van der Waals surface area contributed by atoms with Crippen molar-refractivity contribution >= 4 is 22.4 Å². The fraction of sp³-hybridized carbons (Fsp3) is 0.192. The van der Waals surface area contributed by atoms with Crippen LogP contribution in [0.2, 0.25) is 0 Å². The third-order valence-electron chi connectivity index (χ3n) is 5.99. The van der Waals surface area contributed by atoms with Crippen molar-refractivity contribution < 1.29 is 14.3 Å². The van der Waals surface area contributed by atoms with Gasteiger partial charge in [0, 0.05) is 36.6 Å². The maximum atomic E-state index is 13.3. The summed E-state index contributed by atoms with van der Waals surface area (Å²) in [6.45, 7) is 1.36. The summed E-state index contributed by atoms with van der Waals surface area (Å²) in [7, 11) is 0. The van der Waals surface area contributed by atoms with Crippen LogP contribution in [0.3, 0.4) is 0 Å². The molecule has 0 amide bonds. The molecule has 3 heterocycles. The predicted molar refractivity (Wildman–Crippen MR) is 129 cm³/mol. The molecule has 1 N–H and O–H groups in total. The molecule has 2 aromatic heterocycles. The molecule has 4 aromatic rings. The topological polar surface area (TPSA) is 66.3 Å². The lowest BCUT2D eigenvalue weighted by molar-refractivity contribution is -0.142. The molecule has 0 saturated carbocycles. The number of hydrogen-bond acceptors (Lipinski definition) is 5. The van der Waals surface area contributed by atoms with Crippen molar-refractivity contribution in [2.75, 3.05) is 18.0 Å². The van der Waals surface area contributed by atoms with Gasteiger partial charge < -0.3 is 10.0 Å². The number of hydrogen-bond donors (Lipinski definition) is 1. The van der Waals surface area contributed by atoms with E-state index in [1.165, 1.54) is 12.1 Å². The van der Waals surface area contributed by atoms with Gasteiger partial charge in [0.05, 0.1) is 16.5 Å². The summed E-state index contributed by atoms with van der Waals surface area (Å²) in [6, 6.07) is 18.5. The van der Waals surface area contributed by atoms with Crippen LogP contribution in [0.4, 0.5) is 9.52 Å². The molecule has 166 valence electrons. The van der Waals surface area contributed by atoms with E-state index in [4.69, 9.17) is 4.98 Å². The van der Waals surface area contributed by atoms with Gasteiger partial charge >= 0.3 is 5.97 Å². The normalized spacial score (nSPS) is 14.4. The van der Waals surface area contributed by atoms with Gasteiger partial charge in [0.2, 0.25) is 0 Å². The summed E-state index contributed by atoms with van der Waals surface area (Å²) in [5.74, 6) is -1.25. The van der Waals surface area contributed by atoms with Crippen molar-refractivity contribution in [3.05, 3.63) is 78.9 Å². The van der Waals surface area contributed by atoms with Gasteiger partial charge in [0.25, 0.3) is 0 Å². The molecule has 0 aliphatic carbocycles. The molecular weight excluding hydrogens is 437 g/mol. The van der Waals surface area contributed by atoms with Gasteiger partial charge in [-0.3, -0.25) is 9.78 Å². The summed E-state index contributed by atoms with van der Waals surface area (Å²) in [4.78, 5) is 23.8. The standard InChI is InChI=1S/C26H22FN3O2S/c27-22-9-7-18(8-10-22)17-3-5-19(6-4-17)23-24(21-2-1-13-28-16-21)33-26(29-23)30-14-11-20(12-15-30)25(31)32/h1-10,13,16,20H,11-12,14-15H2,(H,31,32). The highest BCUT2D eigenvalue weighted by Crippen LogP contribution is 2.41. The second-order valence-electron chi connectivity index (χ2n) is 8.10. The van der Waals surface area contributed by atoms with Crippen LogP contribution in [0.1, 0.15) is 12.8 Å². The van der Waals surface area contributed by atoms with Gasteiger partial charge in [-0.15, -0.1) is 0 Å². The average molecular weight is 460 g/mol. The minimum atomic E-state index is -0.716. The zero-order chi connectivity index (χ0) is 22.8. The Labute approximate surface area is 195 Å². The van der Waals surface area contributed by atoms with Crippen LogP contribution in [0, 0.1) is 11.7 Å². The van der Waals surface area contributed by atoms with Gasteiger partial charge in [0.15, 0.2) is 5.13 Å². The minimum Gasteiger partial charge on any atom is -0.481 e. The van der Waals surface area contributed by atoms with E-state index in [0.29, 0.717) is 25.9 Å². The van der Waals surface area contributed by atoms with Gasteiger partial charge in [-0.05, 0) is 42.2 Å². The van der Waals surface area contributed by atoms with Crippen molar-refractivity contribution in [3.63, 3.8) is 0 Å². The number of nitrogens with zero attached hydrogens (tertiary/aromatic N) is 3. The smallest absolute Gasteiger partial charge is 0.306 e. The van der Waals surface area contributed by atoms with Crippen molar-refractivity contribution in [1.82, 2.24) is 9.97 Å². The molecule has 1 aliphatic rings. The number of benzene rings is 2. The Balaban J connectivity index is 1.48. The number of carboxylic acid groups (broad SMARTS) is 1. The molecule has 2 aromatic carbocycles. The first-order chi connectivity index (χ1) is 16.1. The molecular formula is C26H22FN3O2S. The first kappa shape index (κ1) is 21.3. The fourth-order valence-corrected chi connectivity index (χ4v) is 5.24. The summed E-state index contributed by atoms with van der Waals surface area (Å²) in [5.41, 5.74) is 4.83. The van der Waals surface area contributed by atoms with Crippen LogP contribution in [0.5, 0.6) is 0 Å². The van der Waals surface area contributed by atoms with Gasteiger partial charge in [-0.2, -0.15) is 0 Å². The number of pyridine rings is 1. The number of carbonyl (C=O) groups is 1. The van der Waals surface area contributed by atoms with E-state index in [0.717, 1.165) is 38.0 Å². The third-order valence-corrected chi connectivity index (χ3v) is 7.16. The number of anilines is 1. The molecule has 0 unspecified atom stereocenters. The Bertz CT molecular complexity index is 1250. The van der Waals surface area contributed by atoms with E-state index in [2.05, 4.69) is 9.88 Å². The minimum absolute atomic E-state index is 0.251. The molecule has 33 heavy (non-hydrogen) atoms. The van der Waals surface area contributed by atoms with Crippen molar-refractivity contribution in [2.45, 2.75) is 12.8 Å². The highest BCUT2D eigenvalue weighted by Gasteiger charge is 2.27.